The van der Waals surface area contributed by atoms with Crippen LogP contribution in [0.25, 0.3) is 0 Å². The summed E-state index contributed by atoms with van der Waals surface area (Å²) in [5.74, 6) is 16.3. The van der Waals surface area contributed by atoms with Gasteiger partial charge in [0.05, 0.1) is 0 Å². The summed E-state index contributed by atoms with van der Waals surface area (Å²) < 4.78 is 0. The Morgan fingerprint density at radius 2 is 0.854 bits per heavy atom. The standard InChI is InChI=1S/C46H68O2/c1-3-5-6-7-8-9-10-11-12-13-14-15-16-17-18-19-20-21-22-23-24-25-26-27-28-29-30-34-37-40-43-46(48)44-41-38-35-32-31-33-36-39-42-45(47)4-2/h1-2,5-6,21-22,27-28,34,37,39,42,45-48H,7-20,23-26,29-33,35-36,38H2/b6-5?,22-21+,28-27+,37-34+,42-39+/t45-,46-/m1/s1. The van der Waals surface area contributed by atoms with Gasteiger partial charge in [-0.3, -0.25) is 0 Å². The summed E-state index contributed by atoms with van der Waals surface area (Å²) in [6.07, 6.45) is 61.2. The Bertz CT molecular complexity index is 1070. The molecule has 0 saturated carbocycles. The number of hydrogen-bond donors (Lipinski definition) is 2. The average Bonchev–Trinajstić information content (AvgIpc) is 3.09. The maximum absolute atomic E-state index is 9.88. The summed E-state index contributed by atoms with van der Waals surface area (Å²) in [6, 6.07) is 0. The molecular formula is C46H68O2. The zero-order chi connectivity index (χ0) is 34.9. The van der Waals surface area contributed by atoms with Crippen molar-refractivity contribution in [1.82, 2.24) is 0 Å². The molecule has 0 fully saturated rings. The van der Waals surface area contributed by atoms with Gasteiger partial charge in [-0.15, -0.1) is 12.8 Å². The van der Waals surface area contributed by atoms with Crippen molar-refractivity contribution in [2.45, 2.75) is 179 Å². The smallest absolute Gasteiger partial charge is 0.176 e. The fourth-order valence-corrected chi connectivity index (χ4v) is 5.22. The third-order valence-electron chi connectivity index (χ3n) is 8.10. The minimum absolute atomic E-state index is 0.772. The molecule has 0 rings (SSSR count). The van der Waals surface area contributed by atoms with Crippen LogP contribution in [-0.4, -0.2) is 22.4 Å². The van der Waals surface area contributed by atoms with Gasteiger partial charge in [-0.05, 0) is 102 Å². The minimum atomic E-state index is -0.883. The van der Waals surface area contributed by atoms with Crippen molar-refractivity contribution in [2.24, 2.45) is 0 Å². The van der Waals surface area contributed by atoms with Crippen molar-refractivity contribution in [3.63, 3.8) is 0 Å². The van der Waals surface area contributed by atoms with Gasteiger partial charge in [-0.25, -0.2) is 0 Å². The van der Waals surface area contributed by atoms with E-state index in [2.05, 4.69) is 72.0 Å². The molecule has 2 atom stereocenters. The van der Waals surface area contributed by atoms with E-state index in [4.69, 9.17) is 12.8 Å². The molecule has 0 saturated heterocycles. The molecule has 2 N–H and O–H groups in total. The van der Waals surface area contributed by atoms with Crippen LogP contribution in [0.2, 0.25) is 0 Å². The van der Waals surface area contributed by atoms with E-state index in [1.807, 2.05) is 18.2 Å². The lowest BCUT2D eigenvalue weighted by Gasteiger charge is -2.02. The van der Waals surface area contributed by atoms with E-state index in [0.717, 1.165) is 64.2 Å². The van der Waals surface area contributed by atoms with Crippen LogP contribution in [0.1, 0.15) is 167 Å². The van der Waals surface area contributed by atoms with Crippen LogP contribution in [0.4, 0.5) is 0 Å². The molecule has 0 amide bonds. The van der Waals surface area contributed by atoms with E-state index in [1.54, 1.807) is 6.08 Å². The first-order valence-electron chi connectivity index (χ1n) is 19.2. The second-order valence-corrected chi connectivity index (χ2v) is 12.6. The SMILES string of the molecule is C#CC=CCCCCCCCCCCCCCC/C=C/CCCC/C=C/CC/C=C/C#C[C@@H](O)C#CCCCCCC/C=C/[C@H](O)C#C. The molecule has 264 valence electrons. The molecule has 0 heterocycles. The highest BCUT2D eigenvalue weighted by Crippen LogP contribution is 2.13. The maximum Gasteiger partial charge on any atom is 0.176 e. The van der Waals surface area contributed by atoms with Gasteiger partial charge in [0.15, 0.2) is 6.10 Å². The lowest BCUT2D eigenvalue weighted by Crippen LogP contribution is -1.97. The van der Waals surface area contributed by atoms with Gasteiger partial charge < -0.3 is 10.2 Å². The van der Waals surface area contributed by atoms with Gasteiger partial charge >= 0.3 is 0 Å². The van der Waals surface area contributed by atoms with Crippen LogP contribution >= 0.6 is 0 Å². The van der Waals surface area contributed by atoms with E-state index in [0.29, 0.717) is 0 Å². The largest absolute Gasteiger partial charge is 0.377 e. The zero-order valence-electron chi connectivity index (χ0n) is 30.4. The Labute approximate surface area is 297 Å². The molecule has 0 spiro atoms. The number of aliphatic hydroxyl groups excluding tert-OH is 2. The Morgan fingerprint density at radius 1 is 0.438 bits per heavy atom. The van der Waals surface area contributed by atoms with Crippen molar-refractivity contribution in [2.75, 3.05) is 0 Å². The van der Waals surface area contributed by atoms with E-state index < -0.39 is 12.2 Å². The lowest BCUT2D eigenvalue weighted by atomic mass is 10.0. The second-order valence-electron chi connectivity index (χ2n) is 12.6. The Hall–Kier alpha value is -3.14. The molecular weight excluding hydrogens is 585 g/mol. The van der Waals surface area contributed by atoms with Crippen molar-refractivity contribution in [3.8, 4) is 48.4 Å². The summed E-state index contributed by atoms with van der Waals surface area (Å²) in [5, 5.41) is 19.1. The summed E-state index contributed by atoms with van der Waals surface area (Å²) in [6.45, 7) is 0. The Balaban J connectivity index is 3.47. The van der Waals surface area contributed by atoms with E-state index >= 15 is 0 Å². The first-order valence-corrected chi connectivity index (χ1v) is 19.2. The summed E-state index contributed by atoms with van der Waals surface area (Å²) in [7, 11) is 0. The molecule has 0 unspecified atom stereocenters. The molecule has 2 heteroatoms. The van der Waals surface area contributed by atoms with Gasteiger partial charge in [0.2, 0.25) is 0 Å². The molecule has 0 aliphatic heterocycles. The van der Waals surface area contributed by atoms with Crippen LogP contribution in [0.15, 0.2) is 60.8 Å². The van der Waals surface area contributed by atoms with Crippen LogP contribution < -0.4 is 0 Å². The summed E-state index contributed by atoms with van der Waals surface area (Å²) >= 11 is 0. The summed E-state index contributed by atoms with van der Waals surface area (Å²) in [5.41, 5.74) is 0. The third kappa shape index (κ3) is 39.0. The van der Waals surface area contributed by atoms with Crippen LogP contribution in [0.3, 0.4) is 0 Å². The van der Waals surface area contributed by atoms with Crippen molar-refractivity contribution in [1.29, 1.82) is 0 Å². The molecule has 0 aromatic heterocycles. The summed E-state index contributed by atoms with van der Waals surface area (Å²) in [4.78, 5) is 0. The zero-order valence-corrected chi connectivity index (χ0v) is 30.4. The normalized spacial score (nSPS) is 12.8. The van der Waals surface area contributed by atoms with E-state index in [-0.39, 0.29) is 0 Å². The van der Waals surface area contributed by atoms with Gasteiger partial charge in [-0.2, -0.15) is 0 Å². The molecule has 0 aliphatic carbocycles. The monoisotopic (exact) mass is 653 g/mol. The Kier molecular flexibility index (Phi) is 37.4. The molecule has 0 aromatic rings. The quantitative estimate of drug-likeness (QED) is 0.0460. The number of hydrogen-bond acceptors (Lipinski definition) is 2. The fraction of sp³-hybridized carbons (Fsp3) is 0.609. The van der Waals surface area contributed by atoms with Crippen molar-refractivity contribution < 1.29 is 10.2 Å². The van der Waals surface area contributed by atoms with Gasteiger partial charge in [-0.1, -0.05) is 155 Å². The van der Waals surface area contributed by atoms with E-state index in [9.17, 15) is 10.2 Å². The minimum Gasteiger partial charge on any atom is -0.377 e. The first-order chi connectivity index (χ1) is 23.7. The molecule has 0 aromatic carbocycles. The lowest BCUT2D eigenvalue weighted by molar-refractivity contribution is 0.280. The van der Waals surface area contributed by atoms with Crippen molar-refractivity contribution >= 4 is 0 Å². The number of rotatable bonds is 30. The molecule has 0 radical (unpaired) electrons. The average molecular weight is 653 g/mol. The molecule has 0 aliphatic rings. The topological polar surface area (TPSA) is 40.5 Å². The van der Waals surface area contributed by atoms with Crippen LogP contribution in [0.5, 0.6) is 0 Å². The number of terminal acetylenes is 2. The van der Waals surface area contributed by atoms with Gasteiger partial charge in [0, 0.05) is 6.42 Å². The van der Waals surface area contributed by atoms with Crippen LogP contribution in [0, 0.1) is 48.4 Å². The number of unbranched alkanes of at least 4 members (excludes halogenated alkanes) is 22. The van der Waals surface area contributed by atoms with E-state index in [1.165, 1.54) is 103 Å². The predicted octanol–water partition coefficient (Wildman–Crippen LogP) is 11.9. The fourth-order valence-electron chi connectivity index (χ4n) is 5.22. The van der Waals surface area contributed by atoms with Crippen LogP contribution in [-0.2, 0) is 0 Å². The Morgan fingerprint density at radius 3 is 1.40 bits per heavy atom. The molecule has 0 bridgehead atoms. The third-order valence-corrected chi connectivity index (χ3v) is 8.10. The van der Waals surface area contributed by atoms with Crippen molar-refractivity contribution in [3.05, 3.63) is 60.8 Å². The maximum atomic E-state index is 9.88. The first kappa shape index (κ1) is 44.9. The highest BCUT2D eigenvalue weighted by molar-refractivity contribution is 5.24. The van der Waals surface area contributed by atoms with Gasteiger partial charge in [0.25, 0.3) is 0 Å². The number of allylic oxidation sites excluding steroid dienone is 9. The van der Waals surface area contributed by atoms with Gasteiger partial charge in [0.1, 0.15) is 6.10 Å². The molecule has 48 heavy (non-hydrogen) atoms. The second kappa shape index (κ2) is 40.0. The highest BCUT2D eigenvalue weighted by Gasteiger charge is 1.94. The highest BCUT2D eigenvalue weighted by atomic mass is 16.3. The predicted molar refractivity (Wildman–Crippen MR) is 211 cm³/mol. The molecule has 2 nitrogen and oxygen atoms in total. The number of aliphatic hydroxyl groups is 2.